The van der Waals surface area contributed by atoms with Gasteiger partial charge in [-0.05, 0) is 18.8 Å². The Bertz CT molecular complexity index is 137. The van der Waals surface area contributed by atoms with E-state index in [1.807, 2.05) is 0 Å². The van der Waals surface area contributed by atoms with Crippen molar-refractivity contribution in [1.29, 1.82) is 0 Å². The summed E-state index contributed by atoms with van der Waals surface area (Å²) in [6.45, 7) is 5.19. The van der Waals surface area contributed by atoms with Gasteiger partial charge in [-0.2, -0.15) is 0 Å². The Balaban J connectivity index is 3.16. The number of nitrogens with two attached hydrogens (primary N) is 1. The predicted octanol–water partition coefficient (Wildman–Crippen LogP) is 2.26. The number of urea groups is 1. The van der Waals surface area contributed by atoms with Crippen LogP contribution in [0.4, 0.5) is 4.79 Å². The lowest BCUT2D eigenvalue weighted by Gasteiger charge is -2.09. The molecule has 0 saturated heterocycles. The van der Waals surface area contributed by atoms with E-state index in [-0.39, 0.29) is 0 Å². The minimum absolute atomic E-state index is 0.416. The van der Waals surface area contributed by atoms with Crippen molar-refractivity contribution >= 4 is 6.03 Å². The first-order chi connectivity index (χ1) is 6.16. The number of carbonyl (C=O) groups is 1. The normalized spacial score (nSPS) is 12.5. The van der Waals surface area contributed by atoms with Crippen molar-refractivity contribution < 1.29 is 4.79 Å². The first-order valence-electron chi connectivity index (χ1n) is 5.20. The van der Waals surface area contributed by atoms with E-state index >= 15 is 0 Å². The molecule has 3 heteroatoms. The van der Waals surface area contributed by atoms with Crippen molar-refractivity contribution in [2.24, 2.45) is 11.7 Å². The molecule has 0 spiro atoms. The second-order valence-electron chi connectivity index (χ2n) is 3.68. The van der Waals surface area contributed by atoms with Gasteiger partial charge in [0.25, 0.3) is 0 Å². The van der Waals surface area contributed by atoms with Crippen LogP contribution in [0.3, 0.4) is 0 Å². The Morgan fingerprint density at radius 3 is 2.54 bits per heavy atom. The maximum Gasteiger partial charge on any atom is 0.312 e. The fraction of sp³-hybridized carbons (Fsp3) is 0.900. The minimum Gasteiger partial charge on any atom is -0.352 e. The molecule has 1 unspecified atom stereocenters. The van der Waals surface area contributed by atoms with Gasteiger partial charge in [0.15, 0.2) is 0 Å². The third-order valence-electron chi connectivity index (χ3n) is 2.22. The summed E-state index contributed by atoms with van der Waals surface area (Å²) in [5, 5.41) is 2.60. The average Bonchev–Trinajstić information content (AvgIpc) is 2.08. The zero-order valence-electron chi connectivity index (χ0n) is 8.81. The standard InChI is InChI=1S/C10H22N2O/c1-3-4-6-9(2)7-5-8-12-10(11)13/h9H,3-8H2,1-2H3,(H3,11,12,13). The molecule has 3 nitrogen and oxygen atoms in total. The van der Waals surface area contributed by atoms with Crippen molar-refractivity contribution in [3.05, 3.63) is 0 Å². The van der Waals surface area contributed by atoms with Crippen LogP contribution in [0.15, 0.2) is 0 Å². The van der Waals surface area contributed by atoms with Gasteiger partial charge < -0.3 is 11.1 Å². The van der Waals surface area contributed by atoms with Gasteiger partial charge in [0.05, 0.1) is 0 Å². The fourth-order valence-electron chi connectivity index (χ4n) is 1.36. The first-order valence-corrected chi connectivity index (χ1v) is 5.20. The Morgan fingerprint density at radius 1 is 1.38 bits per heavy atom. The van der Waals surface area contributed by atoms with Crippen LogP contribution in [-0.4, -0.2) is 12.6 Å². The van der Waals surface area contributed by atoms with Gasteiger partial charge in [0.2, 0.25) is 0 Å². The number of nitrogens with one attached hydrogen (secondary N) is 1. The predicted molar refractivity (Wildman–Crippen MR) is 55.5 cm³/mol. The zero-order valence-corrected chi connectivity index (χ0v) is 8.81. The second-order valence-corrected chi connectivity index (χ2v) is 3.68. The maximum absolute atomic E-state index is 10.3. The molecule has 0 fully saturated rings. The molecule has 0 aliphatic heterocycles. The summed E-state index contributed by atoms with van der Waals surface area (Å²) in [5.41, 5.74) is 4.94. The number of rotatable bonds is 7. The van der Waals surface area contributed by atoms with Crippen molar-refractivity contribution in [1.82, 2.24) is 5.32 Å². The molecule has 0 aromatic carbocycles. The monoisotopic (exact) mass is 186 g/mol. The van der Waals surface area contributed by atoms with Crippen molar-refractivity contribution in [2.45, 2.75) is 46.0 Å². The molecule has 78 valence electrons. The molecule has 0 aliphatic carbocycles. The molecule has 0 rings (SSSR count). The van der Waals surface area contributed by atoms with Crippen molar-refractivity contribution in [3.8, 4) is 0 Å². The zero-order chi connectivity index (χ0) is 10.1. The van der Waals surface area contributed by atoms with E-state index in [0.29, 0.717) is 6.54 Å². The van der Waals surface area contributed by atoms with E-state index in [0.717, 1.165) is 12.3 Å². The van der Waals surface area contributed by atoms with E-state index in [1.54, 1.807) is 0 Å². The van der Waals surface area contributed by atoms with E-state index in [2.05, 4.69) is 19.2 Å². The Labute approximate surface area is 81.1 Å². The number of unbranched alkanes of at least 4 members (excludes halogenated alkanes) is 1. The van der Waals surface area contributed by atoms with Gasteiger partial charge in [-0.25, -0.2) is 4.79 Å². The van der Waals surface area contributed by atoms with Crippen molar-refractivity contribution in [2.75, 3.05) is 6.54 Å². The van der Waals surface area contributed by atoms with E-state index < -0.39 is 6.03 Å². The summed E-state index contributed by atoms with van der Waals surface area (Å²) in [4.78, 5) is 10.3. The molecule has 3 N–H and O–H groups in total. The van der Waals surface area contributed by atoms with Crippen LogP contribution < -0.4 is 11.1 Å². The lowest BCUT2D eigenvalue weighted by molar-refractivity contribution is 0.248. The van der Waals surface area contributed by atoms with Crippen LogP contribution in [0.2, 0.25) is 0 Å². The molecule has 13 heavy (non-hydrogen) atoms. The topological polar surface area (TPSA) is 55.1 Å². The highest BCUT2D eigenvalue weighted by molar-refractivity contribution is 5.71. The van der Waals surface area contributed by atoms with Gasteiger partial charge >= 0.3 is 6.03 Å². The van der Waals surface area contributed by atoms with E-state index in [1.165, 1.54) is 25.7 Å². The highest BCUT2D eigenvalue weighted by Gasteiger charge is 2.00. The largest absolute Gasteiger partial charge is 0.352 e. The Hall–Kier alpha value is -0.730. The van der Waals surface area contributed by atoms with Gasteiger partial charge in [-0.15, -0.1) is 0 Å². The van der Waals surface area contributed by atoms with Crippen LogP contribution in [-0.2, 0) is 0 Å². The van der Waals surface area contributed by atoms with Crippen LogP contribution in [0.25, 0.3) is 0 Å². The summed E-state index contributed by atoms with van der Waals surface area (Å²) >= 11 is 0. The van der Waals surface area contributed by atoms with Crippen LogP contribution in [0.5, 0.6) is 0 Å². The maximum atomic E-state index is 10.3. The fourth-order valence-corrected chi connectivity index (χ4v) is 1.36. The quantitative estimate of drug-likeness (QED) is 0.589. The van der Waals surface area contributed by atoms with Gasteiger partial charge in [-0.3, -0.25) is 0 Å². The Morgan fingerprint density at radius 2 is 2.00 bits per heavy atom. The van der Waals surface area contributed by atoms with Gasteiger partial charge in [-0.1, -0.05) is 33.1 Å². The molecular formula is C10H22N2O. The third kappa shape index (κ3) is 9.18. The van der Waals surface area contributed by atoms with Crippen LogP contribution in [0, 0.1) is 5.92 Å². The molecule has 2 amide bonds. The molecule has 1 atom stereocenters. The lowest BCUT2D eigenvalue weighted by atomic mass is 9.99. The molecule has 0 aromatic rings. The molecule has 0 bridgehead atoms. The second kappa shape index (κ2) is 7.90. The van der Waals surface area contributed by atoms with Gasteiger partial charge in [0.1, 0.15) is 0 Å². The molecule has 0 saturated carbocycles. The first kappa shape index (κ1) is 12.3. The summed E-state index contributed by atoms with van der Waals surface area (Å²) in [6.07, 6.45) is 6.09. The highest BCUT2D eigenvalue weighted by Crippen LogP contribution is 2.12. The SMILES string of the molecule is CCCCC(C)CCCNC(N)=O. The van der Waals surface area contributed by atoms with E-state index in [4.69, 9.17) is 5.73 Å². The summed E-state index contributed by atoms with van der Waals surface area (Å²) in [5.74, 6) is 0.773. The molecule has 0 heterocycles. The van der Waals surface area contributed by atoms with Crippen molar-refractivity contribution in [3.63, 3.8) is 0 Å². The van der Waals surface area contributed by atoms with Gasteiger partial charge in [0, 0.05) is 6.54 Å². The molecular weight excluding hydrogens is 164 g/mol. The number of hydrogen-bond donors (Lipinski definition) is 2. The number of hydrogen-bond acceptors (Lipinski definition) is 1. The minimum atomic E-state index is -0.416. The summed E-state index contributed by atoms with van der Waals surface area (Å²) in [6, 6.07) is -0.416. The Kier molecular flexibility index (Phi) is 7.45. The molecule has 0 aliphatic rings. The lowest BCUT2D eigenvalue weighted by Crippen LogP contribution is -2.30. The smallest absolute Gasteiger partial charge is 0.312 e. The molecule has 0 radical (unpaired) electrons. The number of carbonyl (C=O) groups excluding carboxylic acids is 1. The highest BCUT2D eigenvalue weighted by atomic mass is 16.2. The van der Waals surface area contributed by atoms with Crippen LogP contribution in [0.1, 0.15) is 46.0 Å². The van der Waals surface area contributed by atoms with E-state index in [9.17, 15) is 4.79 Å². The summed E-state index contributed by atoms with van der Waals surface area (Å²) in [7, 11) is 0. The third-order valence-corrected chi connectivity index (χ3v) is 2.22. The van der Waals surface area contributed by atoms with Crippen LogP contribution >= 0.6 is 0 Å². The number of primary amides is 1. The average molecular weight is 186 g/mol. The number of amides is 2. The molecule has 0 aromatic heterocycles. The summed E-state index contributed by atoms with van der Waals surface area (Å²) < 4.78 is 0.